The van der Waals surface area contributed by atoms with Gasteiger partial charge in [-0.05, 0) is 52.5 Å². The van der Waals surface area contributed by atoms with Crippen molar-refractivity contribution in [1.29, 1.82) is 0 Å². The summed E-state index contributed by atoms with van der Waals surface area (Å²) in [5.74, 6) is -0.341. The lowest BCUT2D eigenvalue weighted by atomic mass is 9.75. The molecule has 3 atom stereocenters. The number of carbonyl (C=O) groups excluding carboxylic acids is 1. The Labute approximate surface area is 109 Å². The minimum absolute atomic E-state index is 0.00793. The summed E-state index contributed by atoms with van der Waals surface area (Å²) in [4.78, 5) is 11.9. The first kappa shape index (κ1) is 15.1. The lowest BCUT2D eigenvalue weighted by molar-refractivity contribution is -0.128. The third-order valence-corrected chi connectivity index (χ3v) is 3.80. The highest BCUT2D eigenvalue weighted by atomic mass is 16.3. The minimum Gasteiger partial charge on any atom is -0.389 e. The van der Waals surface area contributed by atoms with Crippen LogP contribution in [0.4, 0.5) is 0 Å². The summed E-state index contributed by atoms with van der Waals surface area (Å²) in [7, 11) is 0. The Bertz CT molecular complexity index is 366. The van der Waals surface area contributed by atoms with Gasteiger partial charge >= 0.3 is 0 Å². The Morgan fingerprint density at radius 3 is 2.78 bits per heavy atom. The number of hydrogen-bond donors (Lipinski definition) is 2. The molecule has 0 aromatic rings. The van der Waals surface area contributed by atoms with E-state index >= 15 is 0 Å². The van der Waals surface area contributed by atoms with Crippen LogP contribution in [-0.2, 0) is 4.79 Å². The number of aliphatic hydroxyl groups excluding tert-OH is 1. The molecule has 0 aromatic heterocycles. The lowest BCUT2D eigenvalue weighted by Crippen LogP contribution is -2.41. The Morgan fingerprint density at radius 1 is 1.67 bits per heavy atom. The largest absolute Gasteiger partial charge is 0.389 e. The molecule has 0 unspecified atom stereocenters. The molecule has 0 radical (unpaired) electrons. The van der Waals surface area contributed by atoms with Crippen molar-refractivity contribution in [1.82, 2.24) is 0 Å². The van der Waals surface area contributed by atoms with Crippen LogP contribution in [0.25, 0.3) is 0 Å². The molecule has 0 fully saturated rings. The summed E-state index contributed by atoms with van der Waals surface area (Å²) >= 11 is 0. The second-order valence-electron chi connectivity index (χ2n) is 5.74. The van der Waals surface area contributed by atoms with Crippen LogP contribution in [0.3, 0.4) is 0 Å². The molecule has 0 bridgehead atoms. The molecule has 1 aliphatic rings. The summed E-state index contributed by atoms with van der Waals surface area (Å²) < 4.78 is 0. The van der Waals surface area contributed by atoms with Crippen molar-refractivity contribution in [3.05, 3.63) is 23.8 Å². The molecule has 0 amide bonds. The van der Waals surface area contributed by atoms with Crippen molar-refractivity contribution in [2.75, 3.05) is 0 Å². The first-order chi connectivity index (χ1) is 8.24. The number of carbonyl (C=O) groups is 1. The Hall–Kier alpha value is -0.930. The molecule has 0 saturated carbocycles. The maximum atomic E-state index is 11.9. The van der Waals surface area contributed by atoms with Gasteiger partial charge in [-0.15, -0.1) is 0 Å². The SMILES string of the molecule is C=C(C)[C@H](O)CC[C@](C)(O)[C@H]1CCC(C)=CC1=O. The van der Waals surface area contributed by atoms with E-state index in [2.05, 4.69) is 6.58 Å². The van der Waals surface area contributed by atoms with Gasteiger partial charge in [-0.1, -0.05) is 17.7 Å². The van der Waals surface area contributed by atoms with E-state index < -0.39 is 11.7 Å². The molecule has 0 heterocycles. The molecular weight excluding hydrogens is 228 g/mol. The van der Waals surface area contributed by atoms with E-state index in [0.717, 1.165) is 12.0 Å². The molecule has 0 saturated heterocycles. The van der Waals surface area contributed by atoms with Crippen LogP contribution in [0.2, 0.25) is 0 Å². The molecule has 18 heavy (non-hydrogen) atoms. The third kappa shape index (κ3) is 3.79. The summed E-state index contributed by atoms with van der Waals surface area (Å²) in [5.41, 5.74) is 0.718. The van der Waals surface area contributed by atoms with Crippen LogP contribution in [0, 0.1) is 5.92 Å². The highest BCUT2D eigenvalue weighted by Gasteiger charge is 2.37. The molecule has 1 rings (SSSR count). The second-order valence-corrected chi connectivity index (χ2v) is 5.74. The number of ketones is 1. The Morgan fingerprint density at radius 2 is 2.28 bits per heavy atom. The van der Waals surface area contributed by atoms with Gasteiger partial charge in [-0.3, -0.25) is 4.79 Å². The zero-order valence-electron chi connectivity index (χ0n) is 11.6. The topological polar surface area (TPSA) is 57.5 Å². The van der Waals surface area contributed by atoms with Gasteiger partial charge in [0.05, 0.1) is 17.6 Å². The van der Waals surface area contributed by atoms with Crippen molar-refractivity contribution in [3.8, 4) is 0 Å². The first-order valence-electron chi connectivity index (χ1n) is 6.51. The summed E-state index contributed by atoms with van der Waals surface area (Å²) in [5, 5.41) is 20.1. The quantitative estimate of drug-likeness (QED) is 0.739. The van der Waals surface area contributed by atoms with Crippen molar-refractivity contribution in [2.45, 2.75) is 58.2 Å². The molecule has 2 N–H and O–H groups in total. The zero-order chi connectivity index (χ0) is 13.9. The second kappa shape index (κ2) is 5.81. The van der Waals surface area contributed by atoms with Crippen molar-refractivity contribution < 1.29 is 15.0 Å². The van der Waals surface area contributed by atoms with E-state index in [1.54, 1.807) is 19.9 Å². The van der Waals surface area contributed by atoms with Crippen molar-refractivity contribution in [2.24, 2.45) is 5.92 Å². The first-order valence-corrected chi connectivity index (χ1v) is 6.51. The fourth-order valence-corrected chi connectivity index (χ4v) is 2.40. The molecule has 102 valence electrons. The predicted molar refractivity (Wildman–Crippen MR) is 72.2 cm³/mol. The molecule has 0 aromatic carbocycles. The minimum atomic E-state index is -1.05. The maximum Gasteiger partial charge on any atom is 0.161 e. The fourth-order valence-electron chi connectivity index (χ4n) is 2.40. The fraction of sp³-hybridized carbons (Fsp3) is 0.667. The maximum absolute atomic E-state index is 11.9. The van der Waals surface area contributed by atoms with Gasteiger partial charge in [-0.2, -0.15) is 0 Å². The molecule has 3 nitrogen and oxygen atoms in total. The standard InChI is InChI=1S/C15H24O3/c1-10(2)13(16)7-8-15(4,18)12-6-5-11(3)9-14(12)17/h9,12-13,16,18H,1,5-8H2,2-4H3/t12-,13+,15-/m0/s1. The van der Waals surface area contributed by atoms with Gasteiger partial charge in [0.1, 0.15) is 0 Å². The van der Waals surface area contributed by atoms with E-state index in [1.807, 2.05) is 6.92 Å². The predicted octanol–water partition coefficient (Wildman–Crippen LogP) is 2.38. The van der Waals surface area contributed by atoms with E-state index in [0.29, 0.717) is 24.8 Å². The van der Waals surface area contributed by atoms with E-state index in [9.17, 15) is 15.0 Å². The van der Waals surface area contributed by atoms with Crippen molar-refractivity contribution >= 4 is 5.78 Å². The Kier molecular flexibility index (Phi) is 4.88. The molecule has 0 aliphatic heterocycles. The van der Waals surface area contributed by atoms with Gasteiger partial charge in [0.25, 0.3) is 0 Å². The highest BCUT2D eigenvalue weighted by molar-refractivity contribution is 5.94. The van der Waals surface area contributed by atoms with Crippen LogP contribution in [-0.4, -0.2) is 27.7 Å². The number of allylic oxidation sites excluding steroid dienone is 2. The summed E-state index contributed by atoms with van der Waals surface area (Å²) in [6, 6.07) is 0. The smallest absolute Gasteiger partial charge is 0.161 e. The van der Waals surface area contributed by atoms with Crippen molar-refractivity contribution in [3.63, 3.8) is 0 Å². The Balaban J connectivity index is 2.64. The summed E-state index contributed by atoms with van der Waals surface area (Å²) in [6.45, 7) is 9.07. The van der Waals surface area contributed by atoms with Crippen LogP contribution in [0.5, 0.6) is 0 Å². The van der Waals surface area contributed by atoms with Gasteiger partial charge in [0.15, 0.2) is 5.78 Å². The van der Waals surface area contributed by atoms with Gasteiger partial charge in [0.2, 0.25) is 0 Å². The van der Waals surface area contributed by atoms with Crippen LogP contribution in [0.1, 0.15) is 46.5 Å². The zero-order valence-corrected chi connectivity index (χ0v) is 11.6. The molecule has 0 spiro atoms. The van der Waals surface area contributed by atoms with Gasteiger partial charge in [0, 0.05) is 0 Å². The van der Waals surface area contributed by atoms with E-state index in [-0.39, 0.29) is 11.7 Å². The average Bonchev–Trinajstić information content (AvgIpc) is 2.25. The molecule has 1 aliphatic carbocycles. The lowest BCUT2D eigenvalue weighted by Gasteiger charge is -2.34. The van der Waals surface area contributed by atoms with Crippen LogP contribution in [0.15, 0.2) is 23.8 Å². The van der Waals surface area contributed by atoms with Gasteiger partial charge in [-0.25, -0.2) is 0 Å². The number of rotatable bonds is 5. The van der Waals surface area contributed by atoms with E-state index in [4.69, 9.17) is 0 Å². The van der Waals surface area contributed by atoms with Crippen LogP contribution >= 0.6 is 0 Å². The summed E-state index contributed by atoms with van der Waals surface area (Å²) in [6.07, 6.45) is 3.43. The van der Waals surface area contributed by atoms with Crippen LogP contribution < -0.4 is 0 Å². The molecule has 3 heteroatoms. The average molecular weight is 252 g/mol. The number of aliphatic hydroxyl groups is 2. The number of hydrogen-bond acceptors (Lipinski definition) is 3. The van der Waals surface area contributed by atoms with Gasteiger partial charge < -0.3 is 10.2 Å². The van der Waals surface area contributed by atoms with E-state index in [1.165, 1.54) is 0 Å². The third-order valence-electron chi connectivity index (χ3n) is 3.80. The monoisotopic (exact) mass is 252 g/mol. The highest BCUT2D eigenvalue weighted by Crippen LogP contribution is 2.33. The molecular formula is C15H24O3. The normalized spacial score (nSPS) is 25.3.